The molecule has 0 rings (SSSR count). The second-order valence-electron chi connectivity index (χ2n) is 6.31. The van der Waals surface area contributed by atoms with Gasteiger partial charge in [0.05, 0.1) is 11.1 Å². The highest BCUT2D eigenvalue weighted by molar-refractivity contribution is 6.70. The van der Waals surface area contributed by atoms with Crippen LogP contribution in [-0.2, 0) is 4.43 Å². The molecule has 1 atom stereocenters. The normalized spacial score (nSPS) is 14.7. The Morgan fingerprint density at radius 2 is 1.53 bits per heavy atom. The number of halogens is 1. The highest BCUT2D eigenvalue weighted by Crippen LogP contribution is 2.33. The number of allylic oxidation sites excluding steroid dienone is 2. The maximum Gasteiger partial charge on any atom is 0.241 e. The number of hydrogen-bond acceptors (Lipinski definition) is 1. The van der Waals surface area contributed by atoms with E-state index >= 15 is 0 Å². The van der Waals surface area contributed by atoms with Gasteiger partial charge in [-0.2, -0.15) is 0 Å². The van der Waals surface area contributed by atoms with Crippen LogP contribution in [0.25, 0.3) is 0 Å². The highest BCUT2D eigenvalue weighted by atomic mass is 35.5. The van der Waals surface area contributed by atoms with Crippen LogP contribution in [0.2, 0.25) is 19.6 Å². The first-order chi connectivity index (χ1) is 6.45. The molecule has 0 aliphatic rings. The number of rotatable bonds is 3. The first kappa shape index (κ1) is 15.0. The molecule has 90 valence electrons. The minimum absolute atomic E-state index is 0.0355. The molecular formula is C12H25ClOSi. The first-order valence-electron chi connectivity index (χ1n) is 5.45. The van der Waals surface area contributed by atoms with Crippen LogP contribution in [0.15, 0.2) is 11.3 Å². The Bertz CT molecular complexity index is 241. The monoisotopic (exact) mass is 248 g/mol. The summed E-state index contributed by atoms with van der Waals surface area (Å²) in [5.41, 5.74) is 1.22. The summed E-state index contributed by atoms with van der Waals surface area (Å²) in [5, 5.41) is -0.0470. The van der Waals surface area contributed by atoms with E-state index in [1.807, 2.05) is 0 Å². The fraction of sp³-hybridized carbons (Fsp3) is 0.833. The molecule has 1 unspecified atom stereocenters. The predicted octanol–water partition coefficient (Wildman–Crippen LogP) is 4.79. The van der Waals surface area contributed by atoms with Crippen molar-refractivity contribution in [3.05, 3.63) is 11.3 Å². The molecule has 0 aliphatic carbocycles. The van der Waals surface area contributed by atoms with E-state index in [0.717, 1.165) is 5.76 Å². The lowest BCUT2D eigenvalue weighted by atomic mass is 9.89. The van der Waals surface area contributed by atoms with Crippen molar-refractivity contribution in [2.75, 3.05) is 0 Å². The molecular weight excluding hydrogens is 224 g/mol. The van der Waals surface area contributed by atoms with Crippen molar-refractivity contribution in [1.29, 1.82) is 0 Å². The lowest BCUT2D eigenvalue weighted by molar-refractivity contribution is 0.314. The van der Waals surface area contributed by atoms with Gasteiger partial charge in [0.2, 0.25) is 8.32 Å². The van der Waals surface area contributed by atoms with Gasteiger partial charge < -0.3 is 4.43 Å². The highest BCUT2D eigenvalue weighted by Gasteiger charge is 2.31. The molecule has 15 heavy (non-hydrogen) atoms. The summed E-state index contributed by atoms with van der Waals surface area (Å²) >= 11 is 6.46. The Labute approximate surface area is 101 Å². The third kappa shape index (κ3) is 5.62. The molecule has 0 saturated heterocycles. The van der Waals surface area contributed by atoms with Gasteiger partial charge in [0.25, 0.3) is 0 Å². The second kappa shape index (κ2) is 4.92. The minimum atomic E-state index is -1.57. The predicted molar refractivity (Wildman–Crippen MR) is 71.9 cm³/mol. The van der Waals surface area contributed by atoms with Gasteiger partial charge in [0.15, 0.2) is 0 Å². The maximum absolute atomic E-state index is 6.46. The van der Waals surface area contributed by atoms with Crippen molar-refractivity contribution < 1.29 is 4.43 Å². The molecule has 0 aromatic rings. The molecule has 0 radical (unpaired) electrons. The van der Waals surface area contributed by atoms with Crippen LogP contribution in [-0.4, -0.2) is 13.7 Å². The minimum Gasteiger partial charge on any atom is -0.546 e. The van der Waals surface area contributed by atoms with Gasteiger partial charge in [-0.05, 0) is 44.5 Å². The van der Waals surface area contributed by atoms with E-state index in [1.54, 1.807) is 0 Å². The average molecular weight is 249 g/mol. The van der Waals surface area contributed by atoms with Crippen molar-refractivity contribution in [2.24, 2.45) is 5.41 Å². The van der Waals surface area contributed by atoms with Gasteiger partial charge >= 0.3 is 0 Å². The molecule has 0 fully saturated rings. The fourth-order valence-electron chi connectivity index (χ4n) is 1.13. The molecule has 0 aromatic heterocycles. The Morgan fingerprint density at radius 3 is 1.73 bits per heavy atom. The zero-order chi connectivity index (χ0) is 12.4. The standard InChI is InChI=1S/C12H25ClOSi/c1-9(2)10(14-15(6,7)8)11(13)12(3,4)5/h11H,1-8H3. The third-order valence-electron chi connectivity index (χ3n) is 1.90. The van der Waals surface area contributed by atoms with Gasteiger partial charge in [-0.1, -0.05) is 20.8 Å². The van der Waals surface area contributed by atoms with E-state index in [-0.39, 0.29) is 10.8 Å². The van der Waals surface area contributed by atoms with Crippen LogP contribution in [0.1, 0.15) is 34.6 Å². The smallest absolute Gasteiger partial charge is 0.241 e. The van der Waals surface area contributed by atoms with E-state index in [2.05, 4.69) is 54.3 Å². The molecule has 0 aromatic carbocycles. The summed E-state index contributed by atoms with van der Waals surface area (Å²) in [4.78, 5) is 0. The van der Waals surface area contributed by atoms with E-state index in [0.29, 0.717) is 0 Å². The summed E-state index contributed by atoms with van der Waals surface area (Å²) in [6.07, 6.45) is 0. The molecule has 0 spiro atoms. The number of alkyl halides is 1. The third-order valence-corrected chi connectivity index (χ3v) is 3.58. The van der Waals surface area contributed by atoms with Gasteiger partial charge in [-0.15, -0.1) is 11.6 Å². The zero-order valence-electron chi connectivity index (χ0n) is 11.4. The SMILES string of the molecule is CC(C)=C(O[Si](C)(C)C)C(Cl)C(C)(C)C. The molecule has 3 heteroatoms. The van der Waals surface area contributed by atoms with Crippen LogP contribution < -0.4 is 0 Å². The maximum atomic E-state index is 6.46. The van der Waals surface area contributed by atoms with Crippen LogP contribution in [0.4, 0.5) is 0 Å². The molecule has 1 nitrogen and oxygen atoms in total. The average Bonchev–Trinajstić information content (AvgIpc) is 1.94. The van der Waals surface area contributed by atoms with Crippen molar-refractivity contribution >= 4 is 19.9 Å². The summed E-state index contributed by atoms with van der Waals surface area (Å²) in [5.74, 6) is 0.975. The molecule has 0 amide bonds. The van der Waals surface area contributed by atoms with Gasteiger partial charge in [-0.3, -0.25) is 0 Å². The lowest BCUT2D eigenvalue weighted by Gasteiger charge is -2.32. The van der Waals surface area contributed by atoms with Crippen molar-refractivity contribution in [3.8, 4) is 0 Å². The van der Waals surface area contributed by atoms with E-state index < -0.39 is 8.32 Å². The van der Waals surface area contributed by atoms with Gasteiger partial charge in [0, 0.05) is 0 Å². The Hall–Kier alpha value is 0.0469. The van der Waals surface area contributed by atoms with Crippen LogP contribution in [0, 0.1) is 5.41 Å². The summed E-state index contributed by atoms with van der Waals surface area (Å²) < 4.78 is 6.07. The summed E-state index contributed by atoms with van der Waals surface area (Å²) in [6, 6.07) is 0. The molecule has 0 aliphatic heterocycles. The largest absolute Gasteiger partial charge is 0.546 e. The Balaban J connectivity index is 4.96. The summed E-state index contributed by atoms with van der Waals surface area (Å²) in [6.45, 7) is 17.1. The quantitative estimate of drug-likeness (QED) is 0.397. The first-order valence-corrected chi connectivity index (χ1v) is 9.30. The van der Waals surface area contributed by atoms with E-state index in [1.165, 1.54) is 5.57 Å². The Kier molecular flexibility index (Phi) is 4.93. The van der Waals surface area contributed by atoms with Crippen molar-refractivity contribution in [2.45, 2.75) is 59.6 Å². The topological polar surface area (TPSA) is 9.23 Å². The molecule has 0 N–H and O–H groups in total. The van der Waals surface area contributed by atoms with Crippen molar-refractivity contribution in [1.82, 2.24) is 0 Å². The fourth-order valence-corrected chi connectivity index (χ4v) is 2.45. The van der Waals surface area contributed by atoms with Gasteiger partial charge in [0.1, 0.15) is 0 Å². The second-order valence-corrected chi connectivity index (χ2v) is 11.2. The van der Waals surface area contributed by atoms with E-state index in [4.69, 9.17) is 16.0 Å². The molecule has 0 saturated carbocycles. The van der Waals surface area contributed by atoms with E-state index in [9.17, 15) is 0 Å². The molecule has 0 heterocycles. The van der Waals surface area contributed by atoms with Crippen LogP contribution in [0.5, 0.6) is 0 Å². The Morgan fingerprint density at radius 1 is 1.13 bits per heavy atom. The van der Waals surface area contributed by atoms with Crippen molar-refractivity contribution in [3.63, 3.8) is 0 Å². The van der Waals surface area contributed by atoms with Crippen LogP contribution >= 0.6 is 11.6 Å². The zero-order valence-corrected chi connectivity index (χ0v) is 13.1. The lowest BCUT2D eigenvalue weighted by Crippen LogP contribution is -2.32. The number of hydrogen-bond donors (Lipinski definition) is 0. The molecule has 0 bridgehead atoms. The van der Waals surface area contributed by atoms with Gasteiger partial charge in [-0.25, -0.2) is 0 Å². The summed E-state index contributed by atoms with van der Waals surface area (Å²) in [7, 11) is -1.57. The van der Waals surface area contributed by atoms with Crippen LogP contribution in [0.3, 0.4) is 0 Å².